The molecule has 1 saturated heterocycles. The van der Waals surface area contributed by atoms with Crippen LogP contribution in [0.2, 0.25) is 0 Å². The number of aliphatic carboxylic acids is 1. The molecule has 0 aromatic carbocycles. The fraction of sp³-hybridized carbons (Fsp3) is 0.857. The lowest BCUT2D eigenvalue weighted by molar-refractivity contribution is -0.252. The normalized spacial score (nSPS) is 41.7. The Balaban J connectivity index is 1.47. The number of rotatable bonds is 11. The molecule has 6 rings (SSSR count). The van der Waals surface area contributed by atoms with Gasteiger partial charge in [-0.05, 0) is 97.7 Å². The van der Waals surface area contributed by atoms with E-state index in [2.05, 4.69) is 85.6 Å². The molecule has 10 nitrogen and oxygen atoms in total. The Morgan fingerprint density at radius 1 is 1.12 bits per heavy atom. The predicted molar refractivity (Wildman–Crippen MR) is 202 cm³/mol. The zero-order valence-electron chi connectivity index (χ0n) is 34.1. The molecular weight excluding hydrogens is 654 g/mol. The van der Waals surface area contributed by atoms with Gasteiger partial charge in [-0.3, -0.25) is 9.59 Å². The van der Waals surface area contributed by atoms with Gasteiger partial charge in [0.1, 0.15) is 6.33 Å². The van der Waals surface area contributed by atoms with Crippen LogP contribution in [0.5, 0.6) is 0 Å². The molecule has 0 radical (unpaired) electrons. The highest BCUT2D eigenvalue weighted by molar-refractivity contribution is 5.90. The fourth-order valence-corrected chi connectivity index (χ4v) is 12.5. The molecular formula is C42H69N5O5. The van der Waals surface area contributed by atoms with Gasteiger partial charge in [-0.1, -0.05) is 80.9 Å². The van der Waals surface area contributed by atoms with E-state index in [0.29, 0.717) is 50.4 Å². The number of aromatic nitrogens is 3. The van der Waals surface area contributed by atoms with Crippen LogP contribution in [0.25, 0.3) is 0 Å². The van der Waals surface area contributed by atoms with Crippen molar-refractivity contribution in [1.82, 2.24) is 20.1 Å². The van der Waals surface area contributed by atoms with Crippen molar-refractivity contribution in [3.05, 3.63) is 23.8 Å². The van der Waals surface area contributed by atoms with Crippen LogP contribution in [-0.4, -0.2) is 69.8 Å². The van der Waals surface area contributed by atoms with E-state index in [0.717, 1.165) is 38.5 Å². The van der Waals surface area contributed by atoms with E-state index in [1.54, 1.807) is 0 Å². The van der Waals surface area contributed by atoms with Crippen molar-refractivity contribution in [1.29, 1.82) is 0 Å². The first-order valence-electron chi connectivity index (χ1n) is 20.3. The van der Waals surface area contributed by atoms with Crippen LogP contribution in [0.15, 0.2) is 18.0 Å². The lowest BCUT2D eigenvalue weighted by atomic mass is 9.34. The van der Waals surface area contributed by atoms with Gasteiger partial charge in [0.05, 0.1) is 37.9 Å². The molecule has 10 heteroatoms. The summed E-state index contributed by atoms with van der Waals surface area (Å²) in [7, 11) is 0. The molecule has 1 aliphatic heterocycles. The number of nitrogens with zero attached hydrogens (tertiary/aromatic N) is 3. The van der Waals surface area contributed by atoms with E-state index < -0.39 is 22.8 Å². The highest BCUT2D eigenvalue weighted by Crippen LogP contribution is 2.75. The molecule has 1 aromatic rings. The predicted octanol–water partition coefficient (Wildman–Crippen LogP) is 7.31. The first kappa shape index (κ1) is 39.4. The molecule has 2 heterocycles. The van der Waals surface area contributed by atoms with Gasteiger partial charge >= 0.3 is 5.97 Å². The van der Waals surface area contributed by atoms with E-state index in [1.165, 1.54) is 11.9 Å². The zero-order valence-corrected chi connectivity index (χ0v) is 34.1. The minimum atomic E-state index is -0.646. The summed E-state index contributed by atoms with van der Waals surface area (Å²) in [5.41, 5.74) is 6.17. The second-order valence-corrected chi connectivity index (χ2v) is 19.8. The highest BCUT2D eigenvalue weighted by atomic mass is 16.5. The van der Waals surface area contributed by atoms with Crippen molar-refractivity contribution in [3.8, 4) is 0 Å². The Morgan fingerprint density at radius 3 is 2.46 bits per heavy atom. The number of carboxylic acid groups (broad SMARTS) is 1. The molecule has 12 atom stereocenters. The average Bonchev–Trinajstić information content (AvgIpc) is 3.56. The number of carbonyl (C=O) groups excluding carboxylic acids is 1. The number of carbonyl (C=O) groups is 2. The molecule has 0 spiro atoms. The number of carboxylic acids is 1. The van der Waals surface area contributed by atoms with Gasteiger partial charge in [0.25, 0.3) is 5.91 Å². The number of hydrogen-bond acceptors (Lipinski definition) is 7. The van der Waals surface area contributed by atoms with Crippen LogP contribution in [0.1, 0.15) is 138 Å². The summed E-state index contributed by atoms with van der Waals surface area (Å²) in [6.07, 6.45) is 9.88. The molecule has 5 aliphatic rings. The van der Waals surface area contributed by atoms with Crippen LogP contribution in [-0.2, 0) is 14.3 Å². The summed E-state index contributed by atoms with van der Waals surface area (Å²) in [5.74, 6) is 0.421. The fourth-order valence-electron chi connectivity index (χ4n) is 12.5. The van der Waals surface area contributed by atoms with Gasteiger partial charge in [0.2, 0.25) is 5.82 Å². The Hall–Kier alpha value is -2.30. The number of fused-ring (bicyclic) bond motifs is 3. The van der Waals surface area contributed by atoms with Crippen molar-refractivity contribution >= 4 is 11.9 Å². The molecule has 3 saturated carbocycles. The number of ether oxygens (including phenoxy) is 2. The Bertz CT molecular complexity index is 1550. The van der Waals surface area contributed by atoms with E-state index in [9.17, 15) is 14.7 Å². The number of nitrogens with two attached hydrogens (primary N) is 1. The molecule has 0 unspecified atom stereocenters. The first-order chi connectivity index (χ1) is 24.2. The smallest absolute Gasteiger partial charge is 0.307 e. The molecule has 4 fully saturated rings. The second-order valence-electron chi connectivity index (χ2n) is 19.8. The molecule has 2 bridgehead atoms. The van der Waals surface area contributed by atoms with Crippen molar-refractivity contribution < 1.29 is 24.2 Å². The SMILES string of the molecule is CCCNC(=O)c1ncnn1[C@@H]1C[C@@]23COC[C@](C)([C@@H]2CC[C@H]2C3=CC[C@@]3(C)[C@H](C(=O)O)[C@@](C)([C@H](C)C(C)C)CC[C@]23C)[C@H]1OC[C@](C)(N)C(C)C. The maximum atomic E-state index is 13.6. The molecule has 1 amide bonds. The van der Waals surface area contributed by atoms with Crippen molar-refractivity contribution in [2.24, 2.45) is 68.3 Å². The molecule has 52 heavy (non-hydrogen) atoms. The van der Waals surface area contributed by atoms with Crippen molar-refractivity contribution in [3.63, 3.8) is 0 Å². The topological polar surface area (TPSA) is 142 Å². The van der Waals surface area contributed by atoms with Crippen LogP contribution in [0, 0.1) is 62.6 Å². The van der Waals surface area contributed by atoms with Gasteiger partial charge in [0.15, 0.2) is 0 Å². The van der Waals surface area contributed by atoms with E-state index in [1.807, 2.05) is 11.6 Å². The van der Waals surface area contributed by atoms with Gasteiger partial charge in [-0.2, -0.15) is 5.10 Å². The molecule has 4 aliphatic carbocycles. The third-order valence-electron chi connectivity index (χ3n) is 16.6. The lowest BCUT2D eigenvalue weighted by Crippen LogP contribution is -2.69. The number of amides is 1. The van der Waals surface area contributed by atoms with Gasteiger partial charge in [0, 0.05) is 22.9 Å². The van der Waals surface area contributed by atoms with Crippen LogP contribution >= 0.6 is 0 Å². The number of nitrogens with one attached hydrogen (secondary N) is 1. The van der Waals surface area contributed by atoms with Gasteiger partial charge < -0.3 is 25.6 Å². The van der Waals surface area contributed by atoms with Crippen molar-refractivity contribution in [2.45, 2.75) is 139 Å². The first-order valence-corrected chi connectivity index (χ1v) is 20.3. The molecule has 292 valence electrons. The monoisotopic (exact) mass is 724 g/mol. The summed E-state index contributed by atoms with van der Waals surface area (Å²) in [6.45, 7) is 26.5. The Kier molecular flexibility index (Phi) is 10.2. The lowest BCUT2D eigenvalue weighted by Gasteiger charge is -2.71. The summed E-state index contributed by atoms with van der Waals surface area (Å²) in [6, 6.07) is -0.271. The Labute approximate surface area is 312 Å². The van der Waals surface area contributed by atoms with Gasteiger partial charge in [-0.15, -0.1) is 0 Å². The largest absolute Gasteiger partial charge is 0.481 e. The minimum Gasteiger partial charge on any atom is -0.481 e. The third kappa shape index (κ3) is 5.65. The average molecular weight is 724 g/mol. The summed E-state index contributed by atoms with van der Waals surface area (Å²) >= 11 is 0. The molecule has 1 aromatic heterocycles. The summed E-state index contributed by atoms with van der Waals surface area (Å²) in [4.78, 5) is 31.6. The quantitative estimate of drug-likeness (QED) is 0.202. The third-order valence-corrected chi connectivity index (χ3v) is 16.6. The van der Waals surface area contributed by atoms with Crippen molar-refractivity contribution in [2.75, 3.05) is 26.4 Å². The van der Waals surface area contributed by atoms with E-state index in [-0.39, 0.29) is 57.5 Å². The number of hydrogen-bond donors (Lipinski definition) is 3. The standard InChI is InChI=1S/C42H69N5O5/c1-12-19-44-35(48)34-45-24-46-47(34)30-20-42-23-51-21-38(8,33(30)52-22-41(11,43)26(4)5)31(42)14-13-28-29(42)15-16-40(10)32(36(49)50)37(7,27(6)25(2)3)17-18-39(28,40)9/h15,24-28,30-33H,12-14,16-23,43H2,1-11H3,(H,44,48)(H,49,50)/t27-,28+,30-,31+,32-,33+,37-,38-,39-,40+,41+,42+/m1/s1. The summed E-state index contributed by atoms with van der Waals surface area (Å²) < 4.78 is 15.6. The highest BCUT2D eigenvalue weighted by Gasteiger charge is 2.72. The minimum absolute atomic E-state index is 0.191. The van der Waals surface area contributed by atoms with Crippen LogP contribution in [0.4, 0.5) is 0 Å². The van der Waals surface area contributed by atoms with E-state index >= 15 is 0 Å². The van der Waals surface area contributed by atoms with E-state index in [4.69, 9.17) is 20.3 Å². The molecule has 4 N–H and O–H groups in total. The maximum Gasteiger partial charge on any atom is 0.307 e. The Morgan fingerprint density at radius 2 is 1.83 bits per heavy atom. The number of allylic oxidation sites excluding steroid dienone is 1. The second kappa shape index (κ2) is 13.5. The summed E-state index contributed by atoms with van der Waals surface area (Å²) in [5, 5.41) is 18.9. The van der Waals surface area contributed by atoms with Gasteiger partial charge in [-0.25, -0.2) is 9.67 Å². The van der Waals surface area contributed by atoms with Crippen LogP contribution < -0.4 is 11.1 Å². The van der Waals surface area contributed by atoms with Crippen LogP contribution in [0.3, 0.4) is 0 Å². The zero-order chi connectivity index (χ0) is 38.2. The maximum absolute atomic E-state index is 13.6.